The van der Waals surface area contributed by atoms with Crippen LogP contribution in [0.1, 0.15) is 38.0 Å². The van der Waals surface area contributed by atoms with E-state index in [1.165, 1.54) is 0 Å². The lowest BCUT2D eigenvalue weighted by molar-refractivity contribution is 0.0602. The van der Waals surface area contributed by atoms with Gasteiger partial charge < -0.3 is 5.11 Å². The van der Waals surface area contributed by atoms with E-state index in [4.69, 9.17) is 0 Å². The summed E-state index contributed by atoms with van der Waals surface area (Å²) in [4.78, 5) is 5.36. The number of aryl methyl sites for hydroxylation is 1. The lowest BCUT2D eigenvalue weighted by atomic mass is 9.85. The molecule has 0 aliphatic carbocycles. The second-order valence-electron chi connectivity index (χ2n) is 6.26. The van der Waals surface area contributed by atoms with Gasteiger partial charge in [0.1, 0.15) is 0 Å². The minimum absolute atomic E-state index is 0.326. The molecule has 2 atom stereocenters. The van der Waals surface area contributed by atoms with E-state index in [-0.39, 0.29) is 5.41 Å². The summed E-state index contributed by atoms with van der Waals surface area (Å²) in [6, 6.07) is 9.32. The molecule has 0 saturated carbocycles. The molecule has 1 aromatic heterocycles. The number of pyridine rings is 1. The quantitative estimate of drug-likeness (QED) is 0.942. The Bertz CT molecular complexity index is 645. The number of aromatic nitrogens is 1. The van der Waals surface area contributed by atoms with E-state index in [1.807, 2.05) is 52.0 Å². The largest absolute Gasteiger partial charge is 0.388 e. The third kappa shape index (κ3) is 3.57. The van der Waals surface area contributed by atoms with Crippen LogP contribution in [0.2, 0.25) is 0 Å². The molecule has 0 aliphatic heterocycles. The van der Waals surface area contributed by atoms with Crippen molar-refractivity contribution in [1.82, 2.24) is 4.98 Å². The highest BCUT2D eigenvalue weighted by Gasteiger charge is 2.27. The molecule has 0 spiro atoms. The zero-order chi connectivity index (χ0) is 15.6. The standard InChI is InChI=1S/C17H21NO2S/c1-12-5-7-13(8-6-12)21(20)15-11-18-10-9-14(15)16(19)17(2,3)4/h5-11,16,19H,1-4H3/t16-,21?/m1/s1. The van der Waals surface area contributed by atoms with Gasteiger partial charge in [-0.1, -0.05) is 38.5 Å². The predicted octanol–water partition coefficient (Wildman–Crippen LogP) is 3.64. The van der Waals surface area contributed by atoms with Gasteiger partial charge in [-0.05, 0) is 30.5 Å². The fourth-order valence-corrected chi connectivity index (χ4v) is 3.21. The van der Waals surface area contributed by atoms with Crippen LogP contribution in [0.4, 0.5) is 0 Å². The molecule has 0 aliphatic rings. The molecule has 0 saturated heterocycles. The second-order valence-corrected chi connectivity index (χ2v) is 7.71. The van der Waals surface area contributed by atoms with Crippen LogP contribution in [-0.4, -0.2) is 14.3 Å². The van der Waals surface area contributed by atoms with Crippen molar-refractivity contribution in [1.29, 1.82) is 0 Å². The number of nitrogens with zero attached hydrogens (tertiary/aromatic N) is 1. The minimum Gasteiger partial charge on any atom is -0.388 e. The van der Waals surface area contributed by atoms with Crippen molar-refractivity contribution >= 4 is 10.8 Å². The van der Waals surface area contributed by atoms with E-state index in [0.29, 0.717) is 10.5 Å². The van der Waals surface area contributed by atoms with Crippen molar-refractivity contribution < 1.29 is 9.32 Å². The zero-order valence-corrected chi connectivity index (χ0v) is 13.6. The van der Waals surface area contributed by atoms with Crippen LogP contribution in [0.3, 0.4) is 0 Å². The van der Waals surface area contributed by atoms with Gasteiger partial charge in [0, 0.05) is 22.9 Å². The molecular formula is C17H21NO2S. The van der Waals surface area contributed by atoms with Crippen LogP contribution in [0, 0.1) is 12.3 Å². The van der Waals surface area contributed by atoms with Gasteiger partial charge in [0.2, 0.25) is 0 Å². The summed E-state index contributed by atoms with van der Waals surface area (Å²) in [6.45, 7) is 7.86. The Labute approximate surface area is 128 Å². The van der Waals surface area contributed by atoms with Gasteiger partial charge in [-0.25, -0.2) is 4.21 Å². The van der Waals surface area contributed by atoms with E-state index in [2.05, 4.69) is 4.98 Å². The molecule has 1 aromatic carbocycles. The topological polar surface area (TPSA) is 50.2 Å². The van der Waals surface area contributed by atoms with Crippen LogP contribution in [0.25, 0.3) is 0 Å². The third-order valence-electron chi connectivity index (χ3n) is 3.37. The van der Waals surface area contributed by atoms with E-state index >= 15 is 0 Å². The summed E-state index contributed by atoms with van der Waals surface area (Å²) in [5.74, 6) is 0. The smallest absolute Gasteiger partial charge is 0.0869 e. The SMILES string of the molecule is Cc1ccc(S(=O)c2cnccc2[C@@H](O)C(C)(C)C)cc1. The van der Waals surface area contributed by atoms with Crippen LogP contribution < -0.4 is 0 Å². The Hall–Kier alpha value is -1.52. The van der Waals surface area contributed by atoms with Gasteiger partial charge in [0.15, 0.2) is 0 Å². The number of rotatable bonds is 3. The van der Waals surface area contributed by atoms with Crippen molar-refractivity contribution in [3.8, 4) is 0 Å². The van der Waals surface area contributed by atoms with E-state index in [1.54, 1.807) is 18.5 Å². The Balaban J connectivity index is 2.45. The van der Waals surface area contributed by atoms with Gasteiger partial charge >= 0.3 is 0 Å². The molecular weight excluding hydrogens is 282 g/mol. The first-order chi connectivity index (χ1) is 9.80. The first-order valence-electron chi connectivity index (χ1n) is 6.91. The molecule has 21 heavy (non-hydrogen) atoms. The van der Waals surface area contributed by atoms with Crippen molar-refractivity contribution in [2.75, 3.05) is 0 Å². The maximum atomic E-state index is 12.8. The van der Waals surface area contributed by atoms with E-state index in [0.717, 1.165) is 10.5 Å². The molecule has 1 unspecified atom stereocenters. The van der Waals surface area contributed by atoms with Gasteiger partial charge in [-0.2, -0.15) is 0 Å². The van der Waals surface area contributed by atoms with Crippen LogP contribution in [0.15, 0.2) is 52.5 Å². The minimum atomic E-state index is -1.34. The van der Waals surface area contributed by atoms with Gasteiger partial charge in [-0.3, -0.25) is 4.98 Å². The average Bonchev–Trinajstić information content (AvgIpc) is 2.45. The molecule has 112 valence electrons. The number of hydrogen-bond donors (Lipinski definition) is 1. The Morgan fingerprint density at radius 1 is 1.14 bits per heavy atom. The van der Waals surface area contributed by atoms with Crippen molar-refractivity contribution in [2.24, 2.45) is 5.41 Å². The fourth-order valence-electron chi connectivity index (χ4n) is 2.03. The molecule has 2 aromatic rings. The lowest BCUT2D eigenvalue weighted by Crippen LogP contribution is -2.19. The Morgan fingerprint density at radius 2 is 1.76 bits per heavy atom. The highest BCUT2D eigenvalue weighted by Crippen LogP contribution is 2.35. The summed E-state index contributed by atoms with van der Waals surface area (Å²) in [6.07, 6.45) is 2.52. The zero-order valence-electron chi connectivity index (χ0n) is 12.8. The number of hydrogen-bond acceptors (Lipinski definition) is 3. The van der Waals surface area contributed by atoms with E-state index < -0.39 is 16.9 Å². The molecule has 4 heteroatoms. The summed E-state index contributed by atoms with van der Waals surface area (Å²) in [7, 11) is -1.34. The maximum Gasteiger partial charge on any atom is 0.0869 e. The fraction of sp³-hybridized carbons (Fsp3) is 0.353. The van der Waals surface area contributed by atoms with Crippen LogP contribution in [-0.2, 0) is 10.8 Å². The molecule has 0 bridgehead atoms. The Kier molecular flexibility index (Phi) is 4.59. The molecule has 3 nitrogen and oxygen atoms in total. The summed E-state index contributed by atoms with van der Waals surface area (Å²) in [5.41, 5.74) is 1.47. The lowest BCUT2D eigenvalue weighted by Gasteiger charge is -2.27. The molecule has 0 radical (unpaired) electrons. The summed E-state index contributed by atoms with van der Waals surface area (Å²) in [5, 5.41) is 10.5. The van der Waals surface area contributed by atoms with Gasteiger partial charge in [0.05, 0.1) is 21.8 Å². The van der Waals surface area contributed by atoms with Crippen LogP contribution >= 0.6 is 0 Å². The Morgan fingerprint density at radius 3 is 2.33 bits per heavy atom. The molecule has 1 N–H and O–H groups in total. The first-order valence-corrected chi connectivity index (χ1v) is 8.06. The van der Waals surface area contributed by atoms with Gasteiger partial charge in [-0.15, -0.1) is 0 Å². The van der Waals surface area contributed by atoms with E-state index in [9.17, 15) is 9.32 Å². The van der Waals surface area contributed by atoms with Crippen LogP contribution in [0.5, 0.6) is 0 Å². The van der Waals surface area contributed by atoms with Crippen molar-refractivity contribution in [3.05, 3.63) is 53.9 Å². The maximum absolute atomic E-state index is 12.8. The summed E-state index contributed by atoms with van der Waals surface area (Å²) < 4.78 is 12.8. The van der Waals surface area contributed by atoms with Crippen molar-refractivity contribution in [2.45, 2.75) is 43.6 Å². The molecule has 1 heterocycles. The predicted molar refractivity (Wildman–Crippen MR) is 84.5 cm³/mol. The molecule has 2 rings (SSSR count). The average molecular weight is 303 g/mol. The first kappa shape index (κ1) is 15.9. The number of aliphatic hydroxyl groups excluding tert-OH is 1. The molecule has 0 amide bonds. The number of benzene rings is 1. The highest BCUT2D eigenvalue weighted by atomic mass is 32.2. The highest BCUT2D eigenvalue weighted by molar-refractivity contribution is 7.85. The normalized spacial score (nSPS) is 14.7. The molecule has 0 fully saturated rings. The monoisotopic (exact) mass is 303 g/mol. The second kappa shape index (κ2) is 6.08. The third-order valence-corrected chi connectivity index (χ3v) is 4.81. The van der Waals surface area contributed by atoms with Crippen molar-refractivity contribution in [3.63, 3.8) is 0 Å². The summed E-state index contributed by atoms with van der Waals surface area (Å²) >= 11 is 0. The van der Waals surface area contributed by atoms with Gasteiger partial charge in [0.25, 0.3) is 0 Å². The number of aliphatic hydroxyl groups is 1.